The number of hydrogen-bond donors (Lipinski definition) is 7. The van der Waals surface area contributed by atoms with E-state index in [2.05, 4.69) is 48.5 Å². The predicted octanol–water partition coefficient (Wildman–Crippen LogP) is -0.715. The molecule has 0 aliphatic heterocycles. The highest BCUT2D eigenvalue weighted by Gasteiger charge is 2.29. The van der Waals surface area contributed by atoms with E-state index in [4.69, 9.17) is 11.5 Å². The standard InChI is InChI=1S/C11H26N4OS3/c1-10(13,6-18)5-14-8(4-17)3-15-11(2,7-19)9(12)16/h8,14-15,17-19H,3-7,13H2,1-2H3,(H2,12,16)/t8-,10?,11+/m0/s1. The van der Waals surface area contributed by atoms with Gasteiger partial charge in [0, 0.05) is 41.9 Å². The van der Waals surface area contributed by atoms with Crippen LogP contribution >= 0.6 is 37.9 Å². The van der Waals surface area contributed by atoms with Gasteiger partial charge in [0.2, 0.25) is 5.91 Å². The number of carbonyl (C=O) groups excluding carboxylic acids is 1. The lowest BCUT2D eigenvalue weighted by Gasteiger charge is -2.30. The average molecular weight is 327 g/mol. The molecule has 0 heterocycles. The first-order valence-electron chi connectivity index (χ1n) is 6.10. The molecular weight excluding hydrogens is 300 g/mol. The maximum atomic E-state index is 11.4. The van der Waals surface area contributed by atoms with Gasteiger partial charge in [-0.3, -0.25) is 4.79 Å². The van der Waals surface area contributed by atoms with E-state index in [0.717, 1.165) is 0 Å². The van der Waals surface area contributed by atoms with Crippen LogP contribution in [0, 0.1) is 0 Å². The summed E-state index contributed by atoms with van der Waals surface area (Å²) in [5, 5.41) is 6.43. The van der Waals surface area contributed by atoms with Gasteiger partial charge in [0.25, 0.3) is 0 Å². The Kier molecular flexibility index (Phi) is 8.82. The van der Waals surface area contributed by atoms with Crippen LogP contribution < -0.4 is 22.1 Å². The lowest BCUT2D eigenvalue weighted by atomic mass is 10.0. The van der Waals surface area contributed by atoms with E-state index < -0.39 is 11.4 Å². The summed E-state index contributed by atoms with van der Waals surface area (Å²) in [7, 11) is 0. The van der Waals surface area contributed by atoms with E-state index in [-0.39, 0.29) is 11.6 Å². The fourth-order valence-corrected chi connectivity index (χ4v) is 1.84. The van der Waals surface area contributed by atoms with Crippen LogP contribution in [0.25, 0.3) is 0 Å². The molecule has 1 amide bonds. The Morgan fingerprint density at radius 3 is 2.21 bits per heavy atom. The molecule has 114 valence electrons. The molecule has 0 aromatic heterocycles. The van der Waals surface area contributed by atoms with E-state index in [1.165, 1.54) is 0 Å². The summed E-state index contributed by atoms with van der Waals surface area (Å²) < 4.78 is 0. The number of nitrogens with one attached hydrogen (secondary N) is 2. The zero-order valence-electron chi connectivity index (χ0n) is 11.5. The third-order valence-corrected chi connectivity index (χ3v) is 4.77. The number of carbonyl (C=O) groups is 1. The lowest BCUT2D eigenvalue weighted by Crippen LogP contribution is -2.59. The second kappa shape index (κ2) is 8.63. The third kappa shape index (κ3) is 7.10. The van der Waals surface area contributed by atoms with Gasteiger partial charge in [0.15, 0.2) is 0 Å². The summed E-state index contributed by atoms with van der Waals surface area (Å²) >= 11 is 12.6. The molecule has 0 radical (unpaired) electrons. The van der Waals surface area contributed by atoms with Crippen LogP contribution in [0.4, 0.5) is 0 Å². The summed E-state index contributed by atoms with van der Waals surface area (Å²) in [6, 6.07) is 0.0876. The Morgan fingerprint density at radius 2 is 1.84 bits per heavy atom. The second-order valence-electron chi connectivity index (χ2n) is 5.31. The summed E-state index contributed by atoms with van der Waals surface area (Å²) in [6.07, 6.45) is 0. The normalized spacial score (nSPS) is 19.5. The van der Waals surface area contributed by atoms with Gasteiger partial charge >= 0.3 is 0 Å². The Balaban J connectivity index is 4.31. The van der Waals surface area contributed by atoms with Crippen molar-refractivity contribution in [3.63, 3.8) is 0 Å². The van der Waals surface area contributed by atoms with E-state index in [1.54, 1.807) is 6.92 Å². The van der Waals surface area contributed by atoms with Gasteiger partial charge in [-0.05, 0) is 13.8 Å². The molecule has 0 fully saturated rings. The molecular formula is C11H26N4OS3. The Labute approximate surface area is 132 Å². The van der Waals surface area contributed by atoms with Crippen LogP contribution in [0.1, 0.15) is 13.8 Å². The molecule has 0 rings (SSSR count). The minimum Gasteiger partial charge on any atom is -0.368 e. The predicted molar refractivity (Wildman–Crippen MR) is 91.5 cm³/mol. The minimum atomic E-state index is -0.818. The molecule has 0 saturated carbocycles. The van der Waals surface area contributed by atoms with Crippen molar-refractivity contribution in [2.24, 2.45) is 11.5 Å². The van der Waals surface area contributed by atoms with Gasteiger partial charge in [-0.1, -0.05) is 0 Å². The summed E-state index contributed by atoms with van der Waals surface area (Å²) in [5.74, 6) is 1.13. The van der Waals surface area contributed by atoms with Crippen molar-refractivity contribution < 1.29 is 4.79 Å². The van der Waals surface area contributed by atoms with Crippen molar-refractivity contribution >= 4 is 43.8 Å². The van der Waals surface area contributed by atoms with Crippen LogP contribution in [0.3, 0.4) is 0 Å². The van der Waals surface area contributed by atoms with Crippen molar-refractivity contribution in [2.75, 3.05) is 30.3 Å². The van der Waals surface area contributed by atoms with Crippen molar-refractivity contribution in [1.29, 1.82) is 0 Å². The fraction of sp³-hybridized carbons (Fsp3) is 0.909. The smallest absolute Gasteiger partial charge is 0.238 e. The molecule has 0 saturated heterocycles. The first kappa shape index (κ1) is 19.4. The Bertz CT molecular complexity index is 291. The summed E-state index contributed by atoms with van der Waals surface area (Å²) in [4.78, 5) is 11.4. The molecule has 5 nitrogen and oxygen atoms in total. The largest absolute Gasteiger partial charge is 0.368 e. The van der Waals surface area contributed by atoms with Crippen LogP contribution in [0.2, 0.25) is 0 Å². The number of nitrogens with two attached hydrogens (primary N) is 2. The zero-order chi connectivity index (χ0) is 15.1. The van der Waals surface area contributed by atoms with Crippen molar-refractivity contribution in [3.05, 3.63) is 0 Å². The van der Waals surface area contributed by atoms with Crippen LogP contribution in [0.15, 0.2) is 0 Å². The number of primary amides is 1. The van der Waals surface area contributed by atoms with Crippen molar-refractivity contribution in [1.82, 2.24) is 10.6 Å². The summed E-state index contributed by atoms with van der Waals surface area (Å²) in [5.41, 5.74) is 10.2. The highest BCUT2D eigenvalue weighted by Crippen LogP contribution is 2.06. The van der Waals surface area contributed by atoms with Gasteiger partial charge in [-0.15, -0.1) is 0 Å². The maximum absolute atomic E-state index is 11.4. The minimum absolute atomic E-state index is 0.0876. The second-order valence-corrected chi connectivity index (χ2v) is 6.31. The first-order chi connectivity index (χ1) is 8.70. The topological polar surface area (TPSA) is 93.2 Å². The monoisotopic (exact) mass is 326 g/mol. The maximum Gasteiger partial charge on any atom is 0.238 e. The molecule has 0 bridgehead atoms. The van der Waals surface area contributed by atoms with E-state index in [9.17, 15) is 4.79 Å². The van der Waals surface area contributed by atoms with Gasteiger partial charge in [0.05, 0.1) is 0 Å². The SMILES string of the molecule is CC(N)(CS)CN[C@H](CS)CN[C@](C)(CS)C(N)=O. The molecule has 0 aliphatic rings. The van der Waals surface area contributed by atoms with Gasteiger partial charge in [0.1, 0.15) is 5.54 Å². The van der Waals surface area contributed by atoms with Crippen LogP contribution in [-0.4, -0.2) is 53.4 Å². The van der Waals surface area contributed by atoms with E-state index in [0.29, 0.717) is 30.3 Å². The quantitative estimate of drug-likeness (QED) is 0.270. The summed E-state index contributed by atoms with van der Waals surface area (Å²) in [6.45, 7) is 4.85. The van der Waals surface area contributed by atoms with Crippen LogP contribution in [0.5, 0.6) is 0 Å². The number of rotatable bonds is 10. The third-order valence-electron chi connectivity index (χ3n) is 2.97. The molecule has 0 aliphatic carbocycles. The van der Waals surface area contributed by atoms with E-state index >= 15 is 0 Å². The van der Waals surface area contributed by atoms with Crippen molar-refractivity contribution in [2.45, 2.75) is 31.0 Å². The first-order valence-corrected chi connectivity index (χ1v) is 8.00. The molecule has 19 heavy (non-hydrogen) atoms. The Morgan fingerprint density at radius 1 is 1.26 bits per heavy atom. The number of amides is 1. The molecule has 8 heteroatoms. The van der Waals surface area contributed by atoms with Gasteiger partial charge in [-0.2, -0.15) is 37.9 Å². The lowest BCUT2D eigenvalue weighted by molar-refractivity contribution is -0.123. The fourth-order valence-electron chi connectivity index (χ4n) is 1.20. The average Bonchev–Trinajstić information content (AvgIpc) is 2.38. The van der Waals surface area contributed by atoms with E-state index in [1.807, 2.05) is 6.92 Å². The number of thiol groups is 3. The van der Waals surface area contributed by atoms with Crippen LogP contribution in [-0.2, 0) is 4.79 Å². The molecule has 6 N–H and O–H groups in total. The highest BCUT2D eigenvalue weighted by atomic mass is 32.1. The van der Waals surface area contributed by atoms with Gasteiger partial charge in [-0.25, -0.2) is 0 Å². The molecule has 1 unspecified atom stereocenters. The van der Waals surface area contributed by atoms with Crippen molar-refractivity contribution in [3.8, 4) is 0 Å². The highest BCUT2D eigenvalue weighted by molar-refractivity contribution is 7.80. The molecule has 0 aromatic carbocycles. The number of hydrogen-bond acceptors (Lipinski definition) is 7. The van der Waals surface area contributed by atoms with Gasteiger partial charge < -0.3 is 22.1 Å². The Hall–Kier alpha value is 0.400. The molecule has 0 spiro atoms. The molecule has 0 aromatic rings. The zero-order valence-corrected chi connectivity index (χ0v) is 14.2. The molecule has 3 atom stereocenters.